The van der Waals surface area contributed by atoms with Crippen molar-refractivity contribution >= 4 is 22.4 Å². The fourth-order valence-corrected chi connectivity index (χ4v) is 3.58. The number of nitrogens with two attached hydrogens (primary N) is 1. The van der Waals surface area contributed by atoms with E-state index >= 15 is 0 Å². The molecule has 28 heavy (non-hydrogen) atoms. The number of hydrogen-bond donors (Lipinski definition) is 2. The number of nitrogens with one attached hydrogen (secondary N) is 1. The molecule has 142 valence electrons. The highest BCUT2D eigenvalue weighted by atomic mass is 35.5. The number of H-pyrrole nitrogens is 1. The largest absolute Gasteiger partial charge is 0.325 e. The summed E-state index contributed by atoms with van der Waals surface area (Å²) in [5, 5.41) is 12.0. The third-order valence-corrected chi connectivity index (χ3v) is 5.14. The van der Waals surface area contributed by atoms with Crippen molar-refractivity contribution in [3.63, 3.8) is 0 Å². The highest BCUT2D eigenvalue weighted by Gasteiger charge is 2.21. The van der Waals surface area contributed by atoms with Crippen LogP contribution in [0.1, 0.15) is 11.3 Å². The Morgan fingerprint density at radius 1 is 1.25 bits per heavy atom. The Bertz CT molecular complexity index is 1280. The lowest BCUT2D eigenvalue weighted by Gasteiger charge is -2.13. The number of rotatable bonds is 3. The van der Waals surface area contributed by atoms with Crippen molar-refractivity contribution in [3.05, 3.63) is 69.0 Å². The molecular formula is C20H17ClFN5O. The molecule has 0 radical (unpaired) electrons. The van der Waals surface area contributed by atoms with Crippen LogP contribution in [-0.4, -0.2) is 20.0 Å². The highest BCUT2D eigenvalue weighted by Crippen LogP contribution is 2.38. The minimum Gasteiger partial charge on any atom is -0.325 e. The topological polar surface area (TPSA) is 89.6 Å². The van der Waals surface area contributed by atoms with Crippen LogP contribution >= 0.6 is 11.6 Å². The quantitative estimate of drug-likeness (QED) is 0.553. The summed E-state index contributed by atoms with van der Waals surface area (Å²) in [7, 11) is 1.75. The number of aryl methyl sites for hydroxylation is 2. The van der Waals surface area contributed by atoms with E-state index in [0.717, 1.165) is 16.7 Å². The molecule has 2 aromatic heterocycles. The maximum absolute atomic E-state index is 14.9. The molecule has 0 atom stereocenters. The van der Waals surface area contributed by atoms with Gasteiger partial charge >= 0.3 is 0 Å². The third kappa shape index (κ3) is 2.80. The average molecular weight is 398 g/mol. The van der Waals surface area contributed by atoms with Crippen LogP contribution < -0.4 is 11.3 Å². The molecule has 6 nitrogen and oxygen atoms in total. The van der Waals surface area contributed by atoms with Crippen molar-refractivity contribution in [2.45, 2.75) is 13.5 Å². The second-order valence-electron chi connectivity index (χ2n) is 6.55. The SMILES string of the molecule is Cc1ccc(Cl)c(F)c1-c1c(-c2ccc3c(=O)[nH]nc(CN)c3c2)cnn1C. The first kappa shape index (κ1) is 18.3. The summed E-state index contributed by atoms with van der Waals surface area (Å²) in [5.74, 6) is -0.493. The van der Waals surface area contributed by atoms with Crippen molar-refractivity contribution in [1.29, 1.82) is 0 Å². The molecular weight excluding hydrogens is 381 g/mol. The van der Waals surface area contributed by atoms with Crippen LogP contribution in [0.3, 0.4) is 0 Å². The van der Waals surface area contributed by atoms with Gasteiger partial charge in [-0.05, 0) is 36.2 Å². The molecule has 0 unspecified atom stereocenters. The molecule has 4 rings (SSSR count). The first-order valence-electron chi connectivity index (χ1n) is 8.61. The van der Waals surface area contributed by atoms with Crippen LogP contribution in [0.5, 0.6) is 0 Å². The number of nitrogens with zero attached hydrogens (tertiary/aromatic N) is 3. The number of halogens is 2. The van der Waals surface area contributed by atoms with Crippen molar-refractivity contribution < 1.29 is 4.39 Å². The van der Waals surface area contributed by atoms with Gasteiger partial charge < -0.3 is 5.73 Å². The van der Waals surface area contributed by atoms with E-state index in [1.54, 1.807) is 36.1 Å². The van der Waals surface area contributed by atoms with Crippen molar-refractivity contribution in [2.75, 3.05) is 0 Å². The van der Waals surface area contributed by atoms with Crippen LogP contribution in [0, 0.1) is 12.7 Å². The third-order valence-electron chi connectivity index (χ3n) is 4.85. The van der Waals surface area contributed by atoms with Crippen LogP contribution in [0.15, 0.2) is 41.3 Å². The molecule has 0 bridgehead atoms. The number of aromatic amines is 1. The lowest BCUT2D eigenvalue weighted by atomic mass is 9.96. The van der Waals surface area contributed by atoms with E-state index in [1.165, 1.54) is 6.07 Å². The number of hydrogen-bond acceptors (Lipinski definition) is 4. The van der Waals surface area contributed by atoms with Gasteiger partial charge in [-0.15, -0.1) is 0 Å². The van der Waals surface area contributed by atoms with Gasteiger partial charge in [0.2, 0.25) is 0 Å². The molecule has 0 aliphatic carbocycles. The van der Waals surface area contributed by atoms with E-state index < -0.39 is 5.82 Å². The summed E-state index contributed by atoms with van der Waals surface area (Å²) in [5.41, 5.74) is 9.29. The Labute approximate surface area is 164 Å². The molecule has 0 spiro atoms. The predicted molar refractivity (Wildman–Crippen MR) is 108 cm³/mol. The Morgan fingerprint density at radius 2 is 2.04 bits per heavy atom. The fraction of sp³-hybridized carbons (Fsp3) is 0.150. The zero-order valence-electron chi connectivity index (χ0n) is 15.3. The highest BCUT2D eigenvalue weighted by molar-refractivity contribution is 6.31. The van der Waals surface area contributed by atoms with Crippen LogP contribution in [-0.2, 0) is 13.6 Å². The minimum atomic E-state index is -0.493. The molecule has 2 heterocycles. The summed E-state index contributed by atoms with van der Waals surface area (Å²) in [6, 6.07) is 8.65. The molecule has 4 aromatic rings. The predicted octanol–water partition coefficient (Wildman–Crippen LogP) is 3.55. The van der Waals surface area contributed by atoms with Gasteiger partial charge in [-0.1, -0.05) is 23.7 Å². The lowest BCUT2D eigenvalue weighted by Crippen LogP contribution is -2.13. The maximum atomic E-state index is 14.9. The molecule has 0 fully saturated rings. The second-order valence-corrected chi connectivity index (χ2v) is 6.95. The van der Waals surface area contributed by atoms with E-state index in [0.29, 0.717) is 27.7 Å². The van der Waals surface area contributed by atoms with Gasteiger partial charge in [-0.3, -0.25) is 9.48 Å². The van der Waals surface area contributed by atoms with Crippen molar-refractivity contribution in [3.8, 4) is 22.4 Å². The monoisotopic (exact) mass is 397 g/mol. The number of fused-ring (bicyclic) bond motifs is 1. The van der Waals surface area contributed by atoms with Crippen molar-refractivity contribution in [2.24, 2.45) is 12.8 Å². The molecule has 0 saturated heterocycles. The van der Waals surface area contributed by atoms with Crippen LogP contribution in [0.25, 0.3) is 33.2 Å². The van der Waals surface area contributed by atoms with Gasteiger partial charge in [0.15, 0.2) is 5.82 Å². The summed E-state index contributed by atoms with van der Waals surface area (Å²) in [6.07, 6.45) is 1.67. The first-order chi connectivity index (χ1) is 13.4. The fourth-order valence-electron chi connectivity index (χ4n) is 3.43. The van der Waals surface area contributed by atoms with E-state index in [4.69, 9.17) is 17.3 Å². The Balaban J connectivity index is 2.01. The molecule has 8 heteroatoms. The van der Waals surface area contributed by atoms with Gasteiger partial charge in [0.05, 0.1) is 28.0 Å². The molecule has 0 saturated carbocycles. The molecule has 0 amide bonds. The van der Waals surface area contributed by atoms with E-state index in [2.05, 4.69) is 15.3 Å². The average Bonchev–Trinajstić information content (AvgIpc) is 3.06. The van der Waals surface area contributed by atoms with Gasteiger partial charge in [0.25, 0.3) is 5.56 Å². The molecule has 3 N–H and O–H groups in total. The second kappa shape index (κ2) is 6.85. The van der Waals surface area contributed by atoms with Gasteiger partial charge in [0.1, 0.15) is 0 Å². The minimum absolute atomic E-state index is 0.0485. The Morgan fingerprint density at radius 3 is 2.79 bits per heavy atom. The number of aromatic nitrogens is 4. The molecule has 2 aromatic carbocycles. The Hall–Kier alpha value is -3.03. The zero-order chi connectivity index (χ0) is 20.0. The van der Waals surface area contributed by atoms with E-state index in [1.807, 2.05) is 13.0 Å². The number of benzene rings is 2. The van der Waals surface area contributed by atoms with Gasteiger partial charge in [-0.2, -0.15) is 10.2 Å². The first-order valence-corrected chi connectivity index (χ1v) is 8.99. The molecule has 0 aliphatic rings. The Kier molecular flexibility index (Phi) is 4.49. The lowest BCUT2D eigenvalue weighted by molar-refractivity contribution is 0.627. The zero-order valence-corrected chi connectivity index (χ0v) is 16.0. The van der Waals surface area contributed by atoms with E-state index in [9.17, 15) is 9.18 Å². The summed E-state index contributed by atoms with van der Waals surface area (Å²) < 4.78 is 16.5. The van der Waals surface area contributed by atoms with E-state index in [-0.39, 0.29) is 17.1 Å². The van der Waals surface area contributed by atoms with Gasteiger partial charge in [-0.25, -0.2) is 9.49 Å². The maximum Gasteiger partial charge on any atom is 0.272 e. The van der Waals surface area contributed by atoms with Crippen LogP contribution in [0.4, 0.5) is 4.39 Å². The van der Waals surface area contributed by atoms with Crippen LogP contribution in [0.2, 0.25) is 5.02 Å². The van der Waals surface area contributed by atoms with Crippen molar-refractivity contribution in [1.82, 2.24) is 20.0 Å². The summed E-state index contributed by atoms with van der Waals surface area (Å²) in [4.78, 5) is 12.1. The smallest absolute Gasteiger partial charge is 0.272 e. The van der Waals surface area contributed by atoms with Gasteiger partial charge in [0, 0.05) is 30.1 Å². The molecule has 0 aliphatic heterocycles. The normalized spacial score (nSPS) is 11.3. The summed E-state index contributed by atoms with van der Waals surface area (Å²) >= 11 is 6.02. The standard InChI is InChI=1S/C20H17ClFN5O/c1-10-3-6-15(21)18(22)17(10)19-14(9-24-27(19)2)11-4-5-12-13(7-11)16(8-23)25-26-20(12)28/h3-7,9H,8,23H2,1-2H3,(H,26,28). The summed E-state index contributed by atoms with van der Waals surface area (Å²) in [6.45, 7) is 2.00.